The molecule has 3 rings (SSSR count). The van der Waals surface area contributed by atoms with Gasteiger partial charge in [0, 0.05) is 12.0 Å². The van der Waals surface area contributed by atoms with Crippen LogP contribution < -0.4 is 9.88 Å². The van der Waals surface area contributed by atoms with E-state index in [0.29, 0.717) is 17.5 Å². The van der Waals surface area contributed by atoms with Crippen molar-refractivity contribution in [3.8, 4) is 17.0 Å². The molecule has 0 aliphatic heterocycles. The molecule has 0 radical (unpaired) electrons. The van der Waals surface area contributed by atoms with Crippen LogP contribution in [0.25, 0.3) is 11.3 Å². The highest BCUT2D eigenvalue weighted by molar-refractivity contribution is 7.89. The van der Waals surface area contributed by atoms with Gasteiger partial charge in [0.15, 0.2) is 11.7 Å². The summed E-state index contributed by atoms with van der Waals surface area (Å²) in [5.41, 5.74) is 1.27. The topological polar surface area (TPSA) is 105 Å². The Bertz CT molecular complexity index is 1210. The zero-order valence-corrected chi connectivity index (χ0v) is 18.2. The van der Waals surface area contributed by atoms with Crippen molar-refractivity contribution in [1.82, 2.24) is 4.98 Å². The SMILES string of the molecule is COc1ccc(CCc2nc(-c3ccc(F)cc3)c(COCC(F)(F)F)o2)cc1S(N)(=O)=O. The van der Waals surface area contributed by atoms with Crippen LogP contribution in [-0.2, 0) is 34.2 Å². The third kappa shape index (κ3) is 6.76. The second-order valence-electron chi connectivity index (χ2n) is 7.02. The van der Waals surface area contributed by atoms with Crippen LogP contribution in [0.2, 0.25) is 0 Å². The van der Waals surface area contributed by atoms with E-state index in [1.54, 1.807) is 6.07 Å². The summed E-state index contributed by atoms with van der Waals surface area (Å²) < 4.78 is 89.5. The Morgan fingerprint density at radius 2 is 1.79 bits per heavy atom. The van der Waals surface area contributed by atoms with Crippen molar-refractivity contribution in [2.24, 2.45) is 5.14 Å². The van der Waals surface area contributed by atoms with Gasteiger partial charge in [0.25, 0.3) is 0 Å². The number of methoxy groups -OCH3 is 1. The summed E-state index contributed by atoms with van der Waals surface area (Å²) >= 11 is 0. The fraction of sp³-hybridized carbons (Fsp3) is 0.286. The van der Waals surface area contributed by atoms with Gasteiger partial charge < -0.3 is 13.9 Å². The Labute approximate surface area is 187 Å². The smallest absolute Gasteiger partial charge is 0.411 e. The van der Waals surface area contributed by atoms with Crippen LogP contribution >= 0.6 is 0 Å². The molecule has 7 nitrogen and oxygen atoms in total. The van der Waals surface area contributed by atoms with Crippen LogP contribution in [0.5, 0.6) is 5.75 Å². The predicted molar refractivity (Wildman–Crippen MR) is 109 cm³/mol. The molecule has 2 aromatic carbocycles. The molecule has 0 amide bonds. The molecule has 0 aliphatic rings. The van der Waals surface area contributed by atoms with Gasteiger partial charge >= 0.3 is 6.18 Å². The Balaban J connectivity index is 1.83. The molecule has 2 N–H and O–H groups in total. The summed E-state index contributed by atoms with van der Waals surface area (Å²) in [6.07, 6.45) is -4.02. The first-order valence-corrected chi connectivity index (χ1v) is 11.1. The molecule has 3 aromatic rings. The minimum absolute atomic E-state index is 0.0563. The van der Waals surface area contributed by atoms with Gasteiger partial charge in [-0.2, -0.15) is 13.2 Å². The highest BCUT2D eigenvalue weighted by Crippen LogP contribution is 2.28. The minimum Gasteiger partial charge on any atom is -0.495 e. The van der Waals surface area contributed by atoms with Crippen LogP contribution in [0.15, 0.2) is 51.8 Å². The third-order valence-corrected chi connectivity index (χ3v) is 5.45. The van der Waals surface area contributed by atoms with E-state index in [-0.39, 0.29) is 34.4 Å². The van der Waals surface area contributed by atoms with Crippen LogP contribution in [0, 0.1) is 5.82 Å². The summed E-state index contributed by atoms with van der Waals surface area (Å²) in [6, 6.07) is 9.70. The first kappa shape index (κ1) is 24.7. The summed E-state index contributed by atoms with van der Waals surface area (Å²) in [4.78, 5) is 4.15. The lowest BCUT2D eigenvalue weighted by molar-refractivity contribution is -0.177. The van der Waals surface area contributed by atoms with Crippen LogP contribution in [0.3, 0.4) is 0 Å². The average molecular weight is 488 g/mol. The Morgan fingerprint density at radius 1 is 1.09 bits per heavy atom. The van der Waals surface area contributed by atoms with Gasteiger partial charge in [0.05, 0.1) is 7.11 Å². The van der Waals surface area contributed by atoms with Crippen molar-refractivity contribution in [3.63, 3.8) is 0 Å². The second kappa shape index (κ2) is 9.89. The number of benzene rings is 2. The number of rotatable bonds is 9. The Morgan fingerprint density at radius 3 is 2.39 bits per heavy atom. The predicted octanol–water partition coefficient (Wildman–Crippen LogP) is 4.00. The summed E-state index contributed by atoms with van der Waals surface area (Å²) in [5.74, 6) is -0.142. The Kier molecular flexibility index (Phi) is 7.40. The number of sulfonamides is 1. The molecule has 33 heavy (non-hydrogen) atoms. The molecule has 0 aliphatic carbocycles. The number of aryl methyl sites for hydroxylation is 2. The van der Waals surface area contributed by atoms with Crippen molar-refractivity contribution < 1.29 is 39.9 Å². The van der Waals surface area contributed by atoms with E-state index in [0.717, 1.165) is 0 Å². The van der Waals surface area contributed by atoms with E-state index < -0.39 is 35.2 Å². The lowest BCUT2D eigenvalue weighted by Gasteiger charge is -2.08. The van der Waals surface area contributed by atoms with Crippen LogP contribution in [-0.4, -0.2) is 33.3 Å². The van der Waals surface area contributed by atoms with E-state index in [1.807, 2.05) is 0 Å². The van der Waals surface area contributed by atoms with Crippen molar-refractivity contribution in [1.29, 1.82) is 0 Å². The van der Waals surface area contributed by atoms with Crippen molar-refractivity contribution in [2.45, 2.75) is 30.5 Å². The van der Waals surface area contributed by atoms with Crippen LogP contribution in [0.1, 0.15) is 17.2 Å². The zero-order chi connectivity index (χ0) is 24.2. The maximum Gasteiger partial charge on any atom is 0.411 e. The first-order valence-electron chi connectivity index (χ1n) is 9.55. The molecule has 0 saturated carbocycles. The standard InChI is InChI=1S/C21H20F4N2O5S/c1-30-16-8-2-13(10-18(16)33(26,28)29)3-9-19-27-20(14-4-6-15(22)7-5-14)17(32-19)11-31-12-21(23,24)25/h2,4-8,10H,3,9,11-12H2,1H3,(H2,26,28,29). The number of hydrogen-bond acceptors (Lipinski definition) is 6. The molecular formula is C21H20F4N2O5S. The number of oxazole rings is 1. The highest BCUT2D eigenvalue weighted by atomic mass is 32.2. The third-order valence-electron chi connectivity index (χ3n) is 4.52. The maximum absolute atomic E-state index is 13.3. The monoisotopic (exact) mass is 488 g/mol. The normalized spacial score (nSPS) is 12.2. The molecule has 1 aromatic heterocycles. The molecule has 0 fully saturated rings. The van der Waals surface area contributed by atoms with Crippen LogP contribution in [0.4, 0.5) is 17.6 Å². The quantitative estimate of drug-likeness (QED) is 0.457. The maximum atomic E-state index is 13.3. The van der Waals surface area contributed by atoms with E-state index >= 15 is 0 Å². The van der Waals surface area contributed by atoms with Crippen molar-refractivity contribution in [2.75, 3.05) is 13.7 Å². The van der Waals surface area contributed by atoms with Crippen molar-refractivity contribution >= 4 is 10.0 Å². The molecule has 12 heteroatoms. The number of aromatic nitrogens is 1. The number of hydrogen-bond donors (Lipinski definition) is 1. The van der Waals surface area contributed by atoms with Gasteiger partial charge in [-0.05, 0) is 48.4 Å². The fourth-order valence-corrected chi connectivity index (χ4v) is 3.80. The number of halogens is 4. The Hall–Kier alpha value is -2.96. The van der Waals surface area contributed by atoms with E-state index in [2.05, 4.69) is 4.98 Å². The molecule has 0 spiro atoms. The van der Waals surface area contributed by atoms with Crippen molar-refractivity contribution in [3.05, 3.63) is 65.5 Å². The number of alkyl halides is 3. The molecule has 178 valence electrons. The van der Waals surface area contributed by atoms with Gasteiger partial charge in [0.2, 0.25) is 10.0 Å². The molecule has 0 bridgehead atoms. The van der Waals surface area contributed by atoms with E-state index in [9.17, 15) is 26.0 Å². The van der Waals surface area contributed by atoms with E-state index in [4.69, 9.17) is 19.0 Å². The molecular weight excluding hydrogens is 468 g/mol. The number of ether oxygens (including phenoxy) is 2. The van der Waals surface area contributed by atoms with E-state index in [1.165, 1.54) is 43.5 Å². The second-order valence-corrected chi connectivity index (χ2v) is 8.55. The van der Waals surface area contributed by atoms with Gasteiger partial charge in [-0.1, -0.05) is 6.07 Å². The molecule has 0 unspecified atom stereocenters. The largest absolute Gasteiger partial charge is 0.495 e. The number of nitrogens with two attached hydrogens (primary N) is 1. The summed E-state index contributed by atoms with van der Waals surface area (Å²) in [6.45, 7) is -1.95. The lowest BCUT2D eigenvalue weighted by atomic mass is 10.1. The van der Waals surface area contributed by atoms with Gasteiger partial charge in [0.1, 0.15) is 35.4 Å². The highest BCUT2D eigenvalue weighted by Gasteiger charge is 2.28. The molecule has 0 atom stereocenters. The van der Waals surface area contributed by atoms with Gasteiger partial charge in [-0.25, -0.2) is 22.9 Å². The molecule has 0 saturated heterocycles. The average Bonchev–Trinajstić information content (AvgIpc) is 3.14. The lowest BCUT2D eigenvalue weighted by Crippen LogP contribution is -2.16. The summed E-state index contributed by atoms with van der Waals surface area (Å²) in [5, 5.41) is 5.23. The number of primary sulfonamides is 1. The summed E-state index contributed by atoms with van der Waals surface area (Å²) in [7, 11) is -2.70. The minimum atomic E-state index is -4.51. The molecule has 1 heterocycles. The van der Waals surface area contributed by atoms with Gasteiger partial charge in [-0.3, -0.25) is 0 Å². The zero-order valence-electron chi connectivity index (χ0n) is 17.4. The fourth-order valence-electron chi connectivity index (χ4n) is 3.05. The number of nitrogens with zero attached hydrogens (tertiary/aromatic N) is 1. The first-order chi connectivity index (χ1) is 15.5. The van der Waals surface area contributed by atoms with Gasteiger partial charge in [-0.15, -0.1) is 0 Å².